The zero-order valence-electron chi connectivity index (χ0n) is 8.55. The first-order valence-electron chi connectivity index (χ1n) is 4.73. The van der Waals surface area contributed by atoms with Crippen LogP contribution in [-0.4, -0.2) is 22.6 Å². The van der Waals surface area contributed by atoms with E-state index >= 15 is 0 Å². The standard InChI is InChI=1S/C11H14N2O2/c1-9(10-4-7-12-8-5-10)13-6-2-3-11(14)15/h2-5,7-9,13H,6H2,1H3,(H,14,15)/b3-2+/t9-/m1/s1. The average molecular weight is 206 g/mol. The van der Waals surface area contributed by atoms with E-state index in [1.54, 1.807) is 18.5 Å². The van der Waals surface area contributed by atoms with E-state index in [1.807, 2.05) is 19.1 Å². The van der Waals surface area contributed by atoms with Crippen molar-refractivity contribution in [3.8, 4) is 0 Å². The minimum atomic E-state index is -0.923. The molecule has 4 heteroatoms. The normalized spacial score (nSPS) is 12.9. The predicted molar refractivity (Wildman–Crippen MR) is 57.4 cm³/mol. The summed E-state index contributed by atoms with van der Waals surface area (Å²) < 4.78 is 0. The van der Waals surface area contributed by atoms with Gasteiger partial charge in [-0.15, -0.1) is 0 Å². The number of carboxylic acids is 1. The highest BCUT2D eigenvalue weighted by Gasteiger charge is 2.01. The molecule has 4 nitrogen and oxygen atoms in total. The molecule has 0 radical (unpaired) electrons. The lowest BCUT2D eigenvalue weighted by atomic mass is 10.1. The summed E-state index contributed by atoms with van der Waals surface area (Å²) in [4.78, 5) is 14.1. The summed E-state index contributed by atoms with van der Waals surface area (Å²) in [6.07, 6.45) is 6.19. The summed E-state index contributed by atoms with van der Waals surface area (Å²) in [5.41, 5.74) is 1.13. The van der Waals surface area contributed by atoms with Crippen molar-refractivity contribution >= 4 is 5.97 Å². The van der Waals surface area contributed by atoms with Gasteiger partial charge in [0.1, 0.15) is 0 Å². The van der Waals surface area contributed by atoms with Gasteiger partial charge in [-0.1, -0.05) is 6.08 Å². The van der Waals surface area contributed by atoms with E-state index in [0.717, 1.165) is 11.6 Å². The smallest absolute Gasteiger partial charge is 0.328 e. The second-order valence-corrected chi connectivity index (χ2v) is 3.15. The van der Waals surface area contributed by atoms with E-state index in [9.17, 15) is 4.79 Å². The number of aromatic nitrogens is 1. The Morgan fingerprint density at radius 1 is 1.60 bits per heavy atom. The molecule has 0 aliphatic heterocycles. The van der Waals surface area contributed by atoms with Gasteiger partial charge in [0.05, 0.1) is 0 Å². The maximum atomic E-state index is 10.2. The number of hydrogen-bond acceptors (Lipinski definition) is 3. The molecule has 1 rings (SSSR count). The minimum absolute atomic E-state index is 0.187. The lowest BCUT2D eigenvalue weighted by Gasteiger charge is -2.11. The third-order valence-electron chi connectivity index (χ3n) is 2.01. The SMILES string of the molecule is C[C@@H](NC/C=C/C(=O)O)c1ccncc1. The first kappa shape index (κ1) is 11.4. The molecule has 0 spiro atoms. The number of pyridine rings is 1. The van der Waals surface area contributed by atoms with Gasteiger partial charge >= 0.3 is 5.97 Å². The number of nitrogens with zero attached hydrogens (tertiary/aromatic N) is 1. The first-order valence-corrected chi connectivity index (χ1v) is 4.73. The average Bonchev–Trinajstić information content (AvgIpc) is 2.25. The van der Waals surface area contributed by atoms with Crippen LogP contribution in [0.3, 0.4) is 0 Å². The van der Waals surface area contributed by atoms with Crippen LogP contribution in [0.2, 0.25) is 0 Å². The highest BCUT2D eigenvalue weighted by molar-refractivity contribution is 5.79. The van der Waals surface area contributed by atoms with Crippen molar-refractivity contribution in [3.63, 3.8) is 0 Å². The summed E-state index contributed by atoms with van der Waals surface area (Å²) >= 11 is 0. The summed E-state index contributed by atoms with van der Waals surface area (Å²) in [5.74, 6) is -0.923. The van der Waals surface area contributed by atoms with Crippen LogP contribution in [-0.2, 0) is 4.79 Å². The molecule has 2 N–H and O–H groups in total. The van der Waals surface area contributed by atoms with E-state index in [4.69, 9.17) is 5.11 Å². The number of nitrogens with one attached hydrogen (secondary N) is 1. The van der Waals surface area contributed by atoms with Gasteiger partial charge in [0.2, 0.25) is 0 Å². The molecule has 0 saturated heterocycles. The fourth-order valence-electron chi connectivity index (χ4n) is 1.17. The molecule has 1 aromatic rings. The van der Waals surface area contributed by atoms with Crippen molar-refractivity contribution in [2.45, 2.75) is 13.0 Å². The molecule has 1 atom stereocenters. The highest BCUT2D eigenvalue weighted by atomic mass is 16.4. The Balaban J connectivity index is 2.37. The molecule has 0 saturated carbocycles. The van der Waals surface area contributed by atoms with Crippen molar-refractivity contribution in [2.24, 2.45) is 0 Å². The summed E-state index contributed by atoms with van der Waals surface area (Å²) in [7, 11) is 0. The van der Waals surface area contributed by atoms with Gasteiger partial charge in [-0.2, -0.15) is 0 Å². The number of carbonyl (C=O) groups is 1. The van der Waals surface area contributed by atoms with Crippen molar-refractivity contribution in [1.29, 1.82) is 0 Å². The molecule has 0 fully saturated rings. The van der Waals surface area contributed by atoms with Crippen LogP contribution < -0.4 is 5.32 Å². The molecule has 0 unspecified atom stereocenters. The van der Waals surface area contributed by atoms with E-state index in [-0.39, 0.29) is 6.04 Å². The predicted octanol–water partition coefficient (Wildman–Crippen LogP) is 1.37. The monoisotopic (exact) mass is 206 g/mol. The van der Waals surface area contributed by atoms with Gasteiger partial charge in [0, 0.05) is 31.1 Å². The zero-order chi connectivity index (χ0) is 11.1. The number of hydrogen-bond donors (Lipinski definition) is 2. The largest absolute Gasteiger partial charge is 0.478 e. The Hall–Kier alpha value is -1.68. The van der Waals surface area contributed by atoms with Crippen LogP contribution in [0.1, 0.15) is 18.5 Å². The summed E-state index contributed by atoms with van der Waals surface area (Å²) in [5, 5.41) is 11.5. The molecule has 1 aromatic heterocycles. The second kappa shape index (κ2) is 5.93. The third kappa shape index (κ3) is 4.37. The lowest BCUT2D eigenvalue weighted by Crippen LogP contribution is -2.18. The highest BCUT2D eigenvalue weighted by Crippen LogP contribution is 2.09. The number of rotatable bonds is 5. The molecular weight excluding hydrogens is 192 g/mol. The molecular formula is C11H14N2O2. The molecule has 0 aromatic carbocycles. The fraction of sp³-hybridized carbons (Fsp3) is 0.273. The van der Waals surface area contributed by atoms with Crippen LogP contribution in [0.25, 0.3) is 0 Å². The second-order valence-electron chi connectivity index (χ2n) is 3.15. The third-order valence-corrected chi connectivity index (χ3v) is 2.01. The molecule has 15 heavy (non-hydrogen) atoms. The quantitative estimate of drug-likeness (QED) is 0.714. The van der Waals surface area contributed by atoms with Gasteiger partial charge in [0.15, 0.2) is 0 Å². The maximum Gasteiger partial charge on any atom is 0.328 e. The fourth-order valence-corrected chi connectivity index (χ4v) is 1.17. The Bertz CT molecular complexity index is 336. The molecule has 0 aliphatic rings. The van der Waals surface area contributed by atoms with Crippen LogP contribution in [0.5, 0.6) is 0 Å². The lowest BCUT2D eigenvalue weighted by molar-refractivity contribution is -0.131. The number of aliphatic carboxylic acids is 1. The van der Waals surface area contributed by atoms with E-state index in [1.165, 1.54) is 0 Å². The Morgan fingerprint density at radius 2 is 2.27 bits per heavy atom. The van der Waals surface area contributed by atoms with E-state index in [0.29, 0.717) is 6.54 Å². The van der Waals surface area contributed by atoms with Gasteiger partial charge in [0.25, 0.3) is 0 Å². The molecule has 1 heterocycles. The molecule has 0 aliphatic carbocycles. The van der Waals surface area contributed by atoms with Crippen molar-refractivity contribution in [3.05, 3.63) is 42.2 Å². The van der Waals surface area contributed by atoms with E-state index in [2.05, 4.69) is 10.3 Å². The summed E-state index contributed by atoms with van der Waals surface area (Å²) in [6.45, 7) is 2.56. The Kier molecular flexibility index (Phi) is 4.50. The van der Waals surface area contributed by atoms with Crippen LogP contribution in [0, 0.1) is 0 Å². The first-order chi connectivity index (χ1) is 7.20. The zero-order valence-corrected chi connectivity index (χ0v) is 8.55. The Labute approximate surface area is 88.7 Å². The van der Waals surface area contributed by atoms with Crippen LogP contribution in [0.4, 0.5) is 0 Å². The van der Waals surface area contributed by atoms with Gasteiger partial charge in [-0.25, -0.2) is 4.79 Å². The maximum absolute atomic E-state index is 10.2. The van der Waals surface area contributed by atoms with Crippen molar-refractivity contribution in [1.82, 2.24) is 10.3 Å². The number of carboxylic acid groups (broad SMARTS) is 1. The van der Waals surface area contributed by atoms with Gasteiger partial charge in [-0.05, 0) is 24.6 Å². The summed E-state index contributed by atoms with van der Waals surface area (Å²) in [6, 6.07) is 4.04. The van der Waals surface area contributed by atoms with Gasteiger partial charge < -0.3 is 10.4 Å². The van der Waals surface area contributed by atoms with Crippen LogP contribution in [0.15, 0.2) is 36.7 Å². The topological polar surface area (TPSA) is 62.2 Å². The molecule has 80 valence electrons. The minimum Gasteiger partial charge on any atom is -0.478 e. The van der Waals surface area contributed by atoms with Crippen molar-refractivity contribution in [2.75, 3.05) is 6.54 Å². The molecule has 0 bridgehead atoms. The van der Waals surface area contributed by atoms with E-state index < -0.39 is 5.97 Å². The molecule has 0 amide bonds. The van der Waals surface area contributed by atoms with Gasteiger partial charge in [-0.3, -0.25) is 4.98 Å². The Morgan fingerprint density at radius 3 is 2.87 bits per heavy atom. The van der Waals surface area contributed by atoms with Crippen LogP contribution >= 0.6 is 0 Å². The van der Waals surface area contributed by atoms with Crippen molar-refractivity contribution < 1.29 is 9.90 Å².